The molecule has 164 valence electrons. The number of allylic oxidation sites excluding steroid dienone is 1. The Morgan fingerprint density at radius 2 is 1.72 bits per heavy atom. The van der Waals surface area contributed by atoms with Gasteiger partial charge < -0.3 is 19.9 Å². The molecule has 0 saturated heterocycles. The zero-order valence-corrected chi connectivity index (χ0v) is 17.6. The van der Waals surface area contributed by atoms with E-state index in [4.69, 9.17) is 19.9 Å². The van der Waals surface area contributed by atoms with E-state index < -0.39 is 23.7 Å². The average Bonchev–Trinajstić information content (AvgIpc) is 2.82. The first-order valence-electron chi connectivity index (χ1n) is 9.38. The van der Waals surface area contributed by atoms with Gasteiger partial charge in [-0.15, -0.1) is 0 Å². The van der Waals surface area contributed by atoms with Gasteiger partial charge in [0.1, 0.15) is 17.3 Å². The van der Waals surface area contributed by atoms with E-state index in [9.17, 15) is 14.9 Å². The Kier molecular flexibility index (Phi) is 6.45. The average molecular weight is 437 g/mol. The summed E-state index contributed by atoms with van der Waals surface area (Å²) in [7, 11) is 3.62. The van der Waals surface area contributed by atoms with Gasteiger partial charge in [0.2, 0.25) is 0 Å². The van der Waals surface area contributed by atoms with E-state index in [0.717, 1.165) is 25.2 Å². The molecule has 0 aliphatic carbocycles. The van der Waals surface area contributed by atoms with Crippen molar-refractivity contribution in [2.24, 2.45) is 5.73 Å². The van der Waals surface area contributed by atoms with Crippen LogP contribution >= 0.6 is 0 Å². The molecule has 1 unspecified atom stereocenters. The van der Waals surface area contributed by atoms with Crippen molar-refractivity contribution in [3.05, 3.63) is 82.6 Å². The van der Waals surface area contributed by atoms with Gasteiger partial charge in [-0.3, -0.25) is 4.90 Å². The van der Waals surface area contributed by atoms with E-state index in [-0.39, 0.29) is 34.1 Å². The number of nitriles is 1. The lowest BCUT2D eigenvalue weighted by molar-refractivity contribution is -0.139. The summed E-state index contributed by atoms with van der Waals surface area (Å²) in [6.07, 6.45) is 0. The zero-order valence-electron chi connectivity index (χ0n) is 17.6. The highest BCUT2D eigenvalue weighted by atomic mass is 19.1. The fourth-order valence-corrected chi connectivity index (χ4v) is 3.56. The minimum Gasteiger partial charge on any atom is -0.497 e. The highest BCUT2D eigenvalue weighted by Crippen LogP contribution is 2.43. The molecule has 1 atom stereocenters. The zero-order chi connectivity index (χ0) is 23.4. The Bertz CT molecular complexity index is 1170. The smallest absolute Gasteiger partial charge is 0.355 e. The SMILES string of the molecule is COC(=O)C1=C(C(=O)OC)N(c2ccc(OC)cc2F)C(N)=C(C#N)C1c1ccccc1. The Morgan fingerprint density at radius 3 is 2.25 bits per heavy atom. The van der Waals surface area contributed by atoms with Crippen LogP contribution in [0.1, 0.15) is 11.5 Å². The van der Waals surface area contributed by atoms with E-state index in [0.29, 0.717) is 5.56 Å². The predicted molar refractivity (Wildman–Crippen MR) is 112 cm³/mol. The maximum atomic E-state index is 15.0. The van der Waals surface area contributed by atoms with Gasteiger partial charge in [-0.25, -0.2) is 14.0 Å². The molecule has 2 N–H and O–H groups in total. The minimum atomic E-state index is -1.03. The molecule has 0 aromatic heterocycles. The largest absolute Gasteiger partial charge is 0.497 e. The molecule has 1 heterocycles. The molecule has 0 amide bonds. The first-order chi connectivity index (χ1) is 15.4. The van der Waals surface area contributed by atoms with Gasteiger partial charge in [-0.2, -0.15) is 5.26 Å². The van der Waals surface area contributed by atoms with Crippen LogP contribution in [0.2, 0.25) is 0 Å². The first kappa shape index (κ1) is 22.4. The maximum Gasteiger partial charge on any atom is 0.355 e. The van der Waals surface area contributed by atoms with Crippen molar-refractivity contribution in [3.63, 3.8) is 0 Å². The molecular formula is C23H20FN3O5. The second kappa shape index (κ2) is 9.22. The molecule has 8 nitrogen and oxygen atoms in total. The number of carbonyl (C=O) groups is 2. The number of carbonyl (C=O) groups excluding carboxylic acids is 2. The minimum absolute atomic E-state index is 0.0560. The first-order valence-corrected chi connectivity index (χ1v) is 9.38. The molecule has 0 bridgehead atoms. The number of hydrogen-bond acceptors (Lipinski definition) is 8. The molecule has 1 aliphatic heterocycles. The molecule has 2 aromatic rings. The molecule has 9 heteroatoms. The quantitative estimate of drug-likeness (QED) is 0.710. The molecule has 2 aromatic carbocycles. The van der Waals surface area contributed by atoms with Crippen molar-refractivity contribution in [1.29, 1.82) is 5.26 Å². The Morgan fingerprint density at radius 1 is 1.06 bits per heavy atom. The lowest BCUT2D eigenvalue weighted by Gasteiger charge is -2.36. The van der Waals surface area contributed by atoms with E-state index in [1.54, 1.807) is 30.3 Å². The monoisotopic (exact) mass is 437 g/mol. The summed E-state index contributed by atoms with van der Waals surface area (Å²) < 4.78 is 29.9. The van der Waals surface area contributed by atoms with Crippen LogP contribution in [0.4, 0.5) is 10.1 Å². The fourth-order valence-electron chi connectivity index (χ4n) is 3.56. The number of halogens is 1. The Hall–Kier alpha value is -4.32. The molecular weight excluding hydrogens is 417 g/mol. The van der Waals surface area contributed by atoms with Crippen molar-refractivity contribution in [1.82, 2.24) is 0 Å². The predicted octanol–water partition coefficient (Wildman–Crippen LogP) is 2.73. The molecule has 0 fully saturated rings. The van der Waals surface area contributed by atoms with Crippen LogP contribution in [-0.4, -0.2) is 33.3 Å². The van der Waals surface area contributed by atoms with Gasteiger partial charge in [0.15, 0.2) is 5.82 Å². The van der Waals surface area contributed by atoms with Gasteiger partial charge in [-0.05, 0) is 17.7 Å². The lowest BCUT2D eigenvalue weighted by Crippen LogP contribution is -2.41. The third-order valence-electron chi connectivity index (χ3n) is 5.01. The number of rotatable bonds is 5. The molecule has 0 saturated carbocycles. The van der Waals surface area contributed by atoms with Gasteiger partial charge in [0.05, 0.1) is 50.2 Å². The molecule has 1 aliphatic rings. The number of hydrogen-bond donors (Lipinski definition) is 1. The summed E-state index contributed by atoms with van der Waals surface area (Å²) in [6, 6.07) is 14.4. The third kappa shape index (κ3) is 3.74. The number of benzene rings is 2. The molecule has 3 rings (SSSR count). The van der Waals surface area contributed by atoms with E-state index in [1.165, 1.54) is 19.2 Å². The number of esters is 2. The summed E-state index contributed by atoms with van der Waals surface area (Å²) in [5.41, 5.74) is 6.04. The normalized spacial score (nSPS) is 15.8. The van der Waals surface area contributed by atoms with E-state index in [2.05, 4.69) is 0 Å². The number of methoxy groups -OCH3 is 3. The highest BCUT2D eigenvalue weighted by Gasteiger charge is 2.43. The van der Waals surface area contributed by atoms with Crippen LogP contribution in [0, 0.1) is 17.1 Å². The molecule has 32 heavy (non-hydrogen) atoms. The van der Waals surface area contributed by atoms with Crippen molar-refractivity contribution in [2.45, 2.75) is 5.92 Å². The fraction of sp³-hybridized carbons (Fsp3) is 0.174. The van der Waals surface area contributed by atoms with Crippen LogP contribution < -0.4 is 15.4 Å². The standard InChI is InChI=1S/C23H20FN3O5/c1-30-14-9-10-17(16(24)11-14)27-20(23(29)32-3)19(22(28)31-2)18(15(12-25)21(27)26)13-7-5-4-6-8-13/h4-11,18H,26H2,1-3H3. The Labute approximate surface area is 183 Å². The second-order valence-corrected chi connectivity index (χ2v) is 6.65. The summed E-state index contributed by atoms with van der Waals surface area (Å²) in [6.45, 7) is 0. The second-order valence-electron chi connectivity index (χ2n) is 6.65. The van der Waals surface area contributed by atoms with Crippen LogP contribution in [0.3, 0.4) is 0 Å². The van der Waals surface area contributed by atoms with Crippen molar-refractivity contribution in [2.75, 3.05) is 26.2 Å². The van der Waals surface area contributed by atoms with Crippen molar-refractivity contribution in [3.8, 4) is 11.8 Å². The number of nitrogens with two attached hydrogens (primary N) is 1. The maximum absolute atomic E-state index is 15.0. The van der Waals surface area contributed by atoms with Gasteiger partial charge in [-0.1, -0.05) is 30.3 Å². The van der Waals surface area contributed by atoms with Crippen molar-refractivity contribution >= 4 is 17.6 Å². The van der Waals surface area contributed by atoms with Crippen LogP contribution in [-0.2, 0) is 19.1 Å². The lowest BCUT2D eigenvalue weighted by atomic mass is 9.81. The van der Waals surface area contributed by atoms with Crippen molar-refractivity contribution < 1.29 is 28.2 Å². The van der Waals surface area contributed by atoms with Gasteiger partial charge in [0.25, 0.3) is 0 Å². The highest BCUT2D eigenvalue weighted by molar-refractivity contribution is 6.06. The number of anilines is 1. The Balaban J connectivity index is 2.41. The topological polar surface area (TPSA) is 115 Å². The van der Waals surface area contributed by atoms with Crippen LogP contribution in [0.15, 0.2) is 71.2 Å². The van der Waals surface area contributed by atoms with Gasteiger partial charge >= 0.3 is 11.9 Å². The van der Waals surface area contributed by atoms with E-state index >= 15 is 4.39 Å². The number of ether oxygens (including phenoxy) is 3. The molecule has 0 radical (unpaired) electrons. The summed E-state index contributed by atoms with van der Waals surface area (Å²) in [4.78, 5) is 26.8. The summed E-state index contributed by atoms with van der Waals surface area (Å²) in [5.74, 6) is -3.67. The van der Waals surface area contributed by atoms with E-state index in [1.807, 2.05) is 6.07 Å². The van der Waals surface area contributed by atoms with Gasteiger partial charge in [0, 0.05) is 6.07 Å². The third-order valence-corrected chi connectivity index (χ3v) is 5.01. The van der Waals surface area contributed by atoms with Crippen LogP contribution in [0.5, 0.6) is 5.75 Å². The number of nitrogens with zero attached hydrogens (tertiary/aromatic N) is 2. The summed E-state index contributed by atoms with van der Waals surface area (Å²) >= 11 is 0. The molecule has 0 spiro atoms. The summed E-state index contributed by atoms with van der Waals surface area (Å²) in [5, 5.41) is 9.94. The van der Waals surface area contributed by atoms with Crippen LogP contribution in [0.25, 0.3) is 0 Å².